The molecule has 0 radical (unpaired) electrons. The minimum atomic E-state index is -0.495. The lowest BCUT2D eigenvalue weighted by atomic mass is 10.1. The van der Waals surface area contributed by atoms with Crippen molar-refractivity contribution in [1.29, 1.82) is 0 Å². The Morgan fingerprint density at radius 1 is 1.00 bits per heavy atom. The molecule has 0 fully saturated rings. The van der Waals surface area contributed by atoms with Crippen molar-refractivity contribution in [1.82, 2.24) is 4.98 Å². The molecule has 1 aromatic heterocycles. The van der Waals surface area contributed by atoms with E-state index in [9.17, 15) is 4.79 Å². The topological polar surface area (TPSA) is 42.1 Å². The summed E-state index contributed by atoms with van der Waals surface area (Å²) in [7, 11) is 0. The van der Waals surface area contributed by atoms with E-state index >= 15 is 0 Å². The van der Waals surface area contributed by atoms with Gasteiger partial charge in [-0.25, -0.2) is 4.79 Å². The van der Waals surface area contributed by atoms with Crippen molar-refractivity contribution >= 4 is 27.8 Å². The minimum Gasteiger partial charge on any atom is -0.456 e. The van der Waals surface area contributed by atoms with Crippen molar-refractivity contribution in [2.45, 2.75) is 26.4 Å². The summed E-state index contributed by atoms with van der Waals surface area (Å²) in [5, 5.41) is 2.16. The van der Waals surface area contributed by atoms with Crippen molar-refractivity contribution in [3.63, 3.8) is 0 Å². The van der Waals surface area contributed by atoms with Gasteiger partial charge in [-0.1, -0.05) is 30.3 Å². The summed E-state index contributed by atoms with van der Waals surface area (Å²) in [6.45, 7) is 5.61. The molecule has 0 bridgehead atoms. The molecule has 0 aliphatic carbocycles. The molecule has 0 aliphatic heterocycles. The average molecular weight is 267 g/mol. The standard InChI is InChI=1S/C17H17NO2/c1-17(2,3)20-16(19)13-9-6-8-12-11-7-4-5-10-14(11)18-15(12)13/h4-10,18H,1-3H3. The number of rotatable bonds is 1. The molecule has 2 aromatic carbocycles. The molecule has 0 saturated carbocycles. The van der Waals surface area contributed by atoms with Crippen molar-refractivity contribution in [2.24, 2.45) is 0 Å². The van der Waals surface area contributed by atoms with E-state index < -0.39 is 5.60 Å². The lowest BCUT2D eigenvalue weighted by molar-refractivity contribution is 0.00717. The number of hydrogen-bond acceptors (Lipinski definition) is 2. The maximum atomic E-state index is 12.3. The first-order chi connectivity index (χ1) is 9.46. The van der Waals surface area contributed by atoms with Crippen LogP contribution < -0.4 is 0 Å². The predicted molar refractivity (Wildman–Crippen MR) is 81.0 cm³/mol. The van der Waals surface area contributed by atoms with E-state index in [0.29, 0.717) is 5.56 Å². The van der Waals surface area contributed by atoms with Crippen LogP contribution in [-0.2, 0) is 4.74 Å². The van der Waals surface area contributed by atoms with Crippen LogP contribution in [0.25, 0.3) is 21.8 Å². The number of ether oxygens (including phenoxy) is 1. The van der Waals surface area contributed by atoms with Crippen molar-refractivity contribution in [3.8, 4) is 0 Å². The van der Waals surface area contributed by atoms with Gasteiger partial charge in [0.25, 0.3) is 0 Å². The molecule has 20 heavy (non-hydrogen) atoms. The van der Waals surface area contributed by atoms with Gasteiger partial charge in [0.1, 0.15) is 5.60 Å². The van der Waals surface area contributed by atoms with E-state index in [1.807, 2.05) is 57.2 Å². The molecule has 0 amide bonds. The van der Waals surface area contributed by atoms with Gasteiger partial charge < -0.3 is 9.72 Å². The Hall–Kier alpha value is -2.29. The molecule has 0 saturated heterocycles. The van der Waals surface area contributed by atoms with Gasteiger partial charge in [-0.15, -0.1) is 0 Å². The van der Waals surface area contributed by atoms with Gasteiger partial charge >= 0.3 is 5.97 Å². The largest absolute Gasteiger partial charge is 0.456 e. The van der Waals surface area contributed by atoms with Crippen LogP contribution in [0.5, 0.6) is 0 Å². The lowest BCUT2D eigenvalue weighted by Gasteiger charge is -2.19. The first kappa shape index (κ1) is 12.7. The highest BCUT2D eigenvalue weighted by Gasteiger charge is 2.20. The van der Waals surface area contributed by atoms with Crippen LogP contribution >= 0.6 is 0 Å². The normalized spacial score (nSPS) is 11.9. The summed E-state index contributed by atoms with van der Waals surface area (Å²) in [5.41, 5.74) is 1.95. The van der Waals surface area contributed by atoms with Gasteiger partial charge in [0.2, 0.25) is 0 Å². The number of nitrogens with one attached hydrogen (secondary N) is 1. The smallest absolute Gasteiger partial charge is 0.340 e. The van der Waals surface area contributed by atoms with E-state index in [4.69, 9.17) is 4.74 Å². The summed E-state index contributed by atoms with van der Waals surface area (Å²) in [6, 6.07) is 13.7. The fourth-order valence-corrected chi connectivity index (χ4v) is 2.38. The van der Waals surface area contributed by atoms with Crippen LogP contribution in [0, 0.1) is 0 Å². The van der Waals surface area contributed by atoms with E-state index in [1.54, 1.807) is 6.07 Å². The number of carbonyl (C=O) groups excluding carboxylic acids is 1. The molecule has 0 spiro atoms. The number of aromatic amines is 1. The Labute approximate surface area is 117 Å². The zero-order valence-electron chi connectivity index (χ0n) is 11.9. The van der Waals surface area contributed by atoms with Crippen LogP contribution in [0.1, 0.15) is 31.1 Å². The van der Waals surface area contributed by atoms with Crippen LogP contribution in [-0.4, -0.2) is 16.6 Å². The van der Waals surface area contributed by atoms with Crippen molar-refractivity contribution < 1.29 is 9.53 Å². The predicted octanol–water partition coefficient (Wildman–Crippen LogP) is 4.28. The molecule has 3 heteroatoms. The molecule has 1 heterocycles. The van der Waals surface area contributed by atoms with Crippen LogP contribution in [0.2, 0.25) is 0 Å². The monoisotopic (exact) mass is 267 g/mol. The van der Waals surface area contributed by atoms with E-state index in [-0.39, 0.29) is 5.97 Å². The second-order valence-electron chi connectivity index (χ2n) is 5.90. The number of hydrogen-bond donors (Lipinski definition) is 1. The fourth-order valence-electron chi connectivity index (χ4n) is 2.38. The molecule has 102 valence electrons. The SMILES string of the molecule is CC(C)(C)OC(=O)c1cccc2c1[nH]c1ccccc12. The Morgan fingerprint density at radius 2 is 1.70 bits per heavy atom. The Kier molecular flexibility index (Phi) is 2.78. The highest BCUT2D eigenvalue weighted by Crippen LogP contribution is 2.28. The van der Waals surface area contributed by atoms with Crippen molar-refractivity contribution in [3.05, 3.63) is 48.0 Å². The number of esters is 1. The van der Waals surface area contributed by atoms with Gasteiger partial charge in [-0.2, -0.15) is 0 Å². The first-order valence-electron chi connectivity index (χ1n) is 6.68. The molecular formula is C17H17NO2. The minimum absolute atomic E-state index is 0.297. The maximum absolute atomic E-state index is 12.3. The third-order valence-electron chi connectivity index (χ3n) is 3.16. The molecule has 3 nitrogen and oxygen atoms in total. The fraction of sp³-hybridized carbons (Fsp3) is 0.235. The Bertz CT molecular complexity index is 793. The number of carbonyl (C=O) groups is 1. The number of para-hydroxylation sites is 2. The number of fused-ring (bicyclic) bond motifs is 3. The molecule has 0 aliphatic rings. The summed E-state index contributed by atoms with van der Waals surface area (Å²) in [6.07, 6.45) is 0. The third kappa shape index (κ3) is 2.16. The third-order valence-corrected chi connectivity index (χ3v) is 3.16. The lowest BCUT2D eigenvalue weighted by Crippen LogP contribution is -2.24. The van der Waals surface area contributed by atoms with Gasteiger partial charge in [-0.3, -0.25) is 0 Å². The molecule has 0 unspecified atom stereocenters. The zero-order valence-corrected chi connectivity index (χ0v) is 11.9. The molecule has 1 N–H and O–H groups in total. The Morgan fingerprint density at radius 3 is 2.45 bits per heavy atom. The highest BCUT2D eigenvalue weighted by molar-refractivity contribution is 6.13. The summed E-state index contributed by atoms with van der Waals surface area (Å²) in [4.78, 5) is 15.6. The van der Waals surface area contributed by atoms with Crippen LogP contribution in [0.15, 0.2) is 42.5 Å². The summed E-state index contributed by atoms with van der Waals surface area (Å²) in [5.74, 6) is -0.297. The van der Waals surface area contributed by atoms with Crippen LogP contribution in [0.4, 0.5) is 0 Å². The molecule has 3 rings (SSSR count). The molecule has 0 atom stereocenters. The molecule has 3 aromatic rings. The van der Waals surface area contributed by atoms with Gasteiger partial charge in [-0.05, 0) is 32.9 Å². The highest BCUT2D eigenvalue weighted by atomic mass is 16.6. The number of H-pyrrole nitrogens is 1. The summed E-state index contributed by atoms with van der Waals surface area (Å²) < 4.78 is 5.47. The quantitative estimate of drug-likeness (QED) is 0.669. The van der Waals surface area contributed by atoms with Gasteiger partial charge in [0.05, 0.1) is 11.1 Å². The van der Waals surface area contributed by atoms with Crippen molar-refractivity contribution in [2.75, 3.05) is 0 Å². The number of benzene rings is 2. The van der Waals surface area contributed by atoms with E-state index in [1.165, 1.54) is 0 Å². The summed E-state index contributed by atoms with van der Waals surface area (Å²) >= 11 is 0. The average Bonchev–Trinajstić information content (AvgIpc) is 2.75. The molecular weight excluding hydrogens is 250 g/mol. The van der Waals surface area contributed by atoms with Crippen LogP contribution in [0.3, 0.4) is 0 Å². The van der Waals surface area contributed by atoms with E-state index in [0.717, 1.165) is 21.8 Å². The zero-order chi connectivity index (χ0) is 14.3. The Balaban J connectivity index is 2.19. The van der Waals surface area contributed by atoms with Gasteiger partial charge in [0.15, 0.2) is 0 Å². The maximum Gasteiger partial charge on any atom is 0.340 e. The van der Waals surface area contributed by atoms with Gasteiger partial charge in [0, 0.05) is 16.3 Å². The van der Waals surface area contributed by atoms with E-state index in [2.05, 4.69) is 4.98 Å². The first-order valence-corrected chi connectivity index (χ1v) is 6.68. The second kappa shape index (κ2) is 4.37. The second-order valence-corrected chi connectivity index (χ2v) is 5.90. The number of aromatic nitrogens is 1.